The van der Waals surface area contributed by atoms with E-state index in [1.54, 1.807) is 0 Å². The fraction of sp³-hybridized carbons (Fsp3) is 0.200. The summed E-state index contributed by atoms with van der Waals surface area (Å²) in [4.78, 5) is 29.0. The van der Waals surface area contributed by atoms with Gasteiger partial charge in [0.25, 0.3) is 0 Å². The molecule has 0 bridgehead atoms. The summed E-state index contributed by atoms with van der Waals surface area (Å²) < 4.78 is 24.9. The van der Waals surface area contributed by atoms with Crippen LogP contribution in [0, 0.1) is 5.82 Å². The number of nitrogens with zero attached hydrogens (tertiary/aromatic N) is 1. The first-order chi connectivity index (χ1) is 16.0. The number of fused-ring (bicyclic) bond motifs is 1. The lowest BCUT2D eigenvalue weighted by Gasteiger charge is -2.36. The highest BCUT2D eigenvalue weighted by Gasteiger charge is 2.34. The van der Waals surface area contributed by atoms with E-state index in [1.807, 2.05) is 54.6 Å². The molecule has 3 aromatic carbocycles. The maximum absolute atomic E-state index is 14.3. The molecular weight excluding hydrogens is 429 g/mol. The molecule has 0 saturated carbocycles. The molecule has 1 N–H and O–H groups in total. The lowest BCUT2D eigenvalue weighted by atomic mass is 9.89. The minimum absolute atomic E-state index is 0.0434. The summed E-state index contributed by atoms with van der Waals surface area (Å²) in [5.41, 5.74) is 2.96. The Balaban J connectivity index is 1.62. The van der Waals surface area contributed by atoms with E-state index in [1.165, 1.54) is 23.3 Å². The average molecular weight is 451 g/mol. The van der Waals surface area contributed by atoms with Crippen molar-refractivity contribution in [2.45, 2.75) is 19.1 Å². The van der Waals surface area contributed by atoms with Gasteiger partial charge in [-0.3, -0.25) is 0 Å². The van der Waals surface area contributed by atoms with Crippen molar-refractivity contribution >= 4 is 12.1 Å². The molecule has 0 amide bonds. The maximum atomic E-state index is 14.3. The van der Waals surface area contributed by atoms with Crippen LogP contribution in [0.1, 0.15) is 28.3 Å². The Morgan fingerprint density at radius 2 is 1.76 bits per heavy atom. The van der Waals surface area contributed by atoms with Gasteiger partial charge < -0.3 is 19.4 Å². The molecule has 8 heteroatoms. The molecule has 170 valence electrons. The number of rotatable bonds is 7. The normalized spacial score (nSPS) is 15.4. The van der Waals surface area contributed by atoms with Crippen LogP contribution in [0.5, 0.6) is 5.75 Å². The molecule has 0 unspecified atom stereocenters. The molecule has 0 spiro atoms. The fourth-order valence-corrected chi connectivity index (χ4v) is 3.81. The van der Waals surface area contributed by atoms with E-state index in [2.05, 4.69) is 0 Å². The molecule has 1 heterocycles. The smallest absolute Gasteiger partial charge is 0.482 e. The number of hydrogen-bond donors (Lipinski definition) is 1. The zero-order valence-electron chi connectivity index (χ0n) is 17.6. The summed E-state index contributed by atoms with van der Waals surface area (Å²) in [5.74, 6) is -1.50. The van der Waals surface area contributed by atoms with Gasteiger partial charge >= 0.3 is 12.1 Å². The zero-order chi connectivity index (χ0) is 23.2. The SMILES string of the molecule is O=C(O)COc1ccc(F)cc1[C@@H]1c2ccccc2CCN1OC(=O)OCc1ccccc1. The van der Waals surface area contributed by atoms with E-state index in [-0.39, 0.29) is 12.4 Å². The average Bonchev–Trinajstić information content (AvgIpc) is 2.82. The summed E-state index contributed by atoms with van der Waals surface area (Å²) >= 11 is 0. The quantitative estimate of drug-likeness (QED) is 0.529. The topological polar surface area (TPSA) is 85.3 Å². The van der Waals surface area contributed by atoms with E-state index in [0.29, 0.717) is 18.5 Å². The van der Waals surface area contributed by atoms with Crippen molar-refractivity contribution in [2.75, 3.05) is 13.2 Å². The summed E-state index contributed by atoms with van der Waals surface area (Å²) in [7, 11) is 0. The highest BCUT2D eigenvalue weighted by molar-refractivity contribution is 5.68. The summed E-state index contributed by atoms with van der Waals surface area (Å²) in [6, 6.07) is 19.8. The third-order valence-corrected chi connectivity index (χ3v) is 5.25. The van der Waals surface area contributed by atoms with Crippen molar-refractivity contribution in [1.29, 1.82) is 0 Å². The van der Waals surface area contributed by atoms with Crippen LogP contribution < -0.4 is 4.74 Å². The maximum Gasteiger partial charge on any atom is 0.528 e. The number of ether oxygens (including phenoxy) is 2. The highest BCUT2D eigenvalue weighted by atomic mass is 19.1. The lowest BCUT2D eigenvalue weighted by Crippen LogP contribution is -2.38. The Kier molecular flexibility index (Phi) is 6.85. The molecule has 7 nitrogen and oxygen atoms in total. The van der Waals surface area contributed by atoms with Crippen molar-refractivity contribution in [1.82, 2.24) is 5.06 Å². The summed E-state index contributed by atoms with van der Waals surface area (Å²) in [6.07, 6.45) is -0.299. The number of carboxylic acid groups (broad SMARTS) is 1. The molecular formula is C25H22FNO6. The van der Waals surface area contributed by atoms with Gasteiger partial charge in [-0.05, 0) is 41.3 Å². The van der Waals surface area contributed by atoms with Crippen molar-refractivity contribution in [2.24, 2.45) is 0 Å². The minimum Gasteiger partial charge on any atom is -0.482 e. The Morgan fingerprint density at radius 1 is 1.00 bits per heavy atom. The summed E-state index contributed by atoms with van der Waals surface area (Å²) in [5, 5.41) is 10.4. The second-order valence-corrected chi connectivity index (χ2v) is 7.47. The number of carbonyl (C=O) groups is 2. The second-order valence-electron chi connectivity index (χ2n) is 7.47. The predicted molar refractivity (Wildman–Crippen MR) is 116 cm³/mol. The van der Waals surface area contributed by atoms with Crippen LogP contribution in [0.2, 0.25) is 0 Å². The Morgan fingerprint density at radius 3 is 2.55 bits per heavy atom. The third-order valence-electron chi connectivity index (χ3n) is 5.25. The molecule has 4 rings (SSSR count). The van der Waals surface area contributed by atoms with Crippen LogP contribution in [-0.4, -0.2) is 35.4 Å². The van der Waals surface area contributed by atoms with Gasteiger partial charge in [-0.15, -0.1) is 5.06 Å². The van der Waals surface area contributed by atoms with Crippen molar-refractivity contribution < 1.29 is 33.4 Å². The van der Waals surface area contributed by atoms with E-state index in [4.69, 9.17) is 19.4 Å². The van der Waals surface area contributed by atoms with Gasteiger partial charge in [0.15, 0.2) is 6.61 Å². The number of carboxylic acids is 1. The largest absolute Gasteiger partial charge is 0.528 e. The number of halogens is 1. The first-order valence-corrected chi connectivity index (χ1v) is 10.4. The standard InChI is InChI=1S/C25H22FNO6/c26-19-10-11-22(31-16-23(28)29)21(14-19)24-20-9-5-4-8-18(20)12-13-27(24)33-25(30)32-15-17-6-2-1-3-7-17/h1-11,14,24H,12-13,15-16H2,(H,28,29)/t24-/m0/s1. The first-order valence-electron chi connectivity index (χ1n) is 10.4. The first kappa shape index (κ1) is 22.3. The van der Waals surface area contributed by atoms with E-state index >= 15 is 0 Å². The van der Waals surface area contributed by atoms with Crippen LogP contribution in [0.4, 0.5) is 9.18 Å². The van der Waals surface area contributed by atoms with Crippen molar-refractivity contribution in [3.8, 4) is 5.75 Å². The van der Waals surface area contributed by atoms with Gasteiger partial charge in [0, 0.05) is 12.1 Å². The van der Waals surface area contributed by atoms with Gasteiger partial charge in [-0.25, -0.2) is 14.0 Å². The lowest BCUT2D eigenvalue weighted by molar-refractivity contribution is -0.152. The molecule has 3 aromatic rings. The van der Waals surface area contributed by atoms with Gasteiger partial charge in [-0.2, -0.15) is 0 Å². The van der Waals surface area contributed by atoms with Gasteiger partial charge in [0.2, 0.25) is 0 Å². The molecule has 0 fully saturated rings. The molecule has 0 radical (unpaired) electrons. The number of hydroxylamine groups is 2. The van der Waals surface area contributed by atoms with E-state index in [9.17, 15) is 14.0 Å². The second kappa shape index (κ2) is 10.1. The third kappa shape index (κ3) is 5.48. The zero-order valence-corrected chi connectivity index (χ0v) is 17.6. The van der Waals surface area contributed by atoms with Crippen LogP contribution in [0.15, 0.2) is 72.8 Å². The van der Waals surface area contributed by atoms with Crippen molar-refractivity contribution in [3.05, 3.63) is 101 Å². The minimum atomic E-state index is -1.16. The molecule has 0 saturated heterocycles. The molecule has 33 heavy (non-hydrogen) atoms. The van der Waals surface area contributed by atoms with E-state index < -0.39 is 30.6 Å². The van der Waals surface area contributed by atoms with Crippen LogP contribution in [0.3, 0.4) is 0 Å². The molecule has 1 atom stereocenters. The number of hydrogen-bond acceptors (Lipinski definition) is 6. The highest BCUT2D eigenvalue weighted by Crippen LogP contribution is 2.40. The molecule has 0 aliphatic carbocycles. The van der Waals surface area contributed by atoms with Crippen molar-refractivity contribution in [3.63, 3.8) is 0 Å². The van der Waals surface area contributed by atoms with Crippen LogP contribution >= 0.6 is 0 Å². The Labute approximate surface area is 189 Å². The molecule has 0 aromatic heterocycles. The Bertz CT molecular complexity index is 1140. The predicted octanol–water partition coefficient (Wildman–Crippen LogP) is 4.51. The molecule has 1 aliphatic rings. The van der Waals surface area contributed by atoms with E-state index in [0.717, 1.165) is 16.7 Å². The van der Waals surface area contributed by atoms with Gasteiger partial charge in [0.05, 0.1) is 0 Å². The number of benzene rings is 3. The van der Waals surface area contributed by atoms with Crippen LogP contribution in [-0.2, 0) is 27.4 Å². The fourth-order valence-electron chi connectivity index (χ4n) is 3.81. The molecule has 1 aliphatic heterocycles. The number of carbonyl (C=O) groups excluding carboxylic acids is 1. The number of aliphatic carboxylic acids is 1. The monoisotopic (exact) mass is 451 g/mol. The van der Waals surface area contributed by atoms with Crippen LogP contribution in [0.25, 0.3) is 0 Å². The summed E-state index contributed by atoms with van der Waals surface area (Å²) in [6.45, 7) is -0.217. The Hall–Kier alpha value is -3.91. The van der Waals surface area contributed by atoms with Gasteiger partial charge in [0.1, 0.15) is 24.2 Å². The van der Waals surface area contributed by atoms with Gasteiger partial charge in [-0.1, -0.05) is 54.6 Å².